The van der Waals surface area contributed by atoms with E-state index in [2.05, 4.69) is 15.2 Å². The molecule has 0 radical (unpaired) electrons. The van der Waals surface area contributed by atoms with Crippen LogP contribution in [0.2, 0.25) is 5.02 Å². The molecule has 10 heteroatoms. The Balaban J connectivity index is 2.13. The topological polar surface area (TPSA) is 52.3 Å². The largest absolute Gasteiger partial charge is 0.497 e. The number of benzene rings is 2. The van der Waals surface area contributed by atoms with Crippen LogP contribution in [0.5, 0.6) is 5.75 Å². The molecule has 5 nitrogen and oxygen atoms in total. The van der Waals surface area contributed by atoms with Crippen LogP contribution in [0.15, 0.2) is 30.3 Å². The molecule has 0 atom stereocenters. The Hall–Kier alpha value is -2.94. The summed E-state index contributed by atoms with van der Waals surface area (Å²) in [5, 5.41) is 7.92. The molecule has 144 valence electrons. The van der Waals surface area contributed by atoms with Crippen molar-refractivity contribution in [2.75, 3.05) is 7.11 Å². The highest BCUT2D eigenvalue weighted by molar-refractivity contribution is 6.33. The van der Waals surface area contributed by atoms with Crippen molar-refractivity contribution in [1.82, 2.24) is 19.6 Å². The Kier molecular flexibility index (Phi) is 4.15. The summed E-state index contributed by atoms with van der Waals surface area (Å²) in [6.45, 7) is 1.62. The molecule has 28 heavy (non-hydrogen) atoms. The molecule has 2 aromatic heterocycles. The lowest BCUT2D eigenvalue weighted by atomic mass is 10.1. The summed E-state index contributed by atoms with van der Waals surface area (Å²) in [5.74, 6) is -0.376. The zero-order valence-electron chi connectivity index (χ0n) is 14.5. The van der Waals surface area contributed by atoms with Gasteiger partial charge in [0.05, 0.1) is 28.9 Å². The summed E-state index contributed by atoms with van der Waals surface area (Å²) >= 11 is 6.18. The third-order valence-corrected chi connectivity index (χ3v) is 4.62. The monoisotopic (exact) mass is 410 g/mol. The second-order valence-corrected chi connectivity index (χ2v) is 6.46. The molecular formula is C18H11ClF4N4O. The molecule has 0 spiro atoms. The van der Waals surface area contributed by atoms with Crippen LogP contribution >= 0.6 is 11.6 Å². The van der Waals surface area contributed by atoms with Crippen LogP contribution in [0.3, 0.4) is 0 Å². The molecule has 2 aromatic carbocycles. The Labute approximate surface area is 160 Å². The molecule has 0 aliphatic rings. The molecule has 4 aromatic rings. The van der Waals surface area contributed by atoms with Crippen molar-refractivity contribution in [2.45, 2.75) is 13.1 Å². The Morgan fingerprint density at radius 1 is 1.11 bits per heavy atom. The molecule has 0 N–H and O–H groups in total. The fourth-order valence-corrected chi connectivity index (χ4v) is 3.17. The average molecular weight is 411 g/mol. The van der Waals surface area contributed by atoms with Crippen LogP contribution in [0, 0.1) is 12.7 Å². The Morgan fingerprint density at radius 3 is 2.54 bits per heavy atom. The van der Waals surface area contributed by atoms with E-state index in [1.807, 2.05) is 0 Å². The third kappa shape index (κ3) is 2.82. The van der Waals surface area contributed by atoms with Crippen LogP contribution in [0.25, 0.3) is 28.1 Å². The number of rotatable bonds is 2. The van der Waals surface area contributed by atoms with Gasteiger partial charge in [0.15, 0.2) is 11.5 Å². The molecule has 0 saturated carbocycles. The van der Waals surface area contributed by atoms with Crippen molar-refractivity contribution in [3.8, 4) is 17.1 Å². The lowest BCUT2D eigenvalue weighted by Crippen LogP contribution is -2.05. The van der Waals surface area contributed by atoms with Crippen molar-refractivity contribution in [3.05, 3.63) is 52.4 Å². The molecule has 0 amide bonds. The number of methoxy groups -OCH3 is 1. The fourth-order valence-electron chi connectivity index (χ4n) is 2.96. The first-order valence-electron chi connectivity index (χ1n) is 7.97. The molecular weight excluding hydrogens is 400 g/mol. The second-order valence-electron chi connectivity index (χ2n) is 6.05. The van der Waals surface area contributed by atoms with Crippen molar-refractivity contribution >= 4 is 28.3 Å². The third-order valence-electron chi connectivity index (χ3n) is 4.29. The van der Waals surface area contributed by atoms with Crippen LogP contribution in [0.1, 0.15) is 11.3 Å². The summed E-state index contributed by atoms with van der Waals surface area (Å²) < 4.78 is 60.5. The molecule has 0 fully saturated rings. The number of aryl methyl sites for hydroxylation is 1. The second kappa shape index (κ2) is 6.30. The van der Waals surface area contributed by atoms with E-state index < -0.39 is 17.6 Å². The molecule has 4 rings (SSSR count). The van der Waals surface area contributed by atoms with E-state index in [-0.39, 0.29) is 38.8 Å². The van der Waals surface area contributed by atoms with Crippen LogP contribution in [-0.2, 0) is 6.18 Å². The van der Waals surface area contributed by atoms with Crippen LogP contribution in [0.4, 0.5) is 17.6 Å². The van der Waals surface area contributed by atoms with Crippen molar-refractivity contribution in [2.24, 2.45) is 0 Å². The van der Waals surface area contributed by atoms with Gasteiger partial charge >= 0.3 is 6.18 Å². The number of ether oxygens (including phenoxy) is 1. The Bertz CT molecular complexity index is 1240. The fraction of sp³-hybridized carbons (Fsp3) is 0.167. The van der Waals surface area contributed by atoms with Gasteiger partial charge in [0.25, 0.3) is 0 Å². The lowest BCUT2D eigenvalue weighted by molar-refractivity contribution is -0.137. The number of nitrogens with zero attached hydrogens (tertiary/aromatic N) is 4. The number of halogens is 5. The highest BCUT2D eigenvalue weighted by atomic mass is 35.5. The number of hydrogen-bond donors (Lipinski definition) is 0. The maximum Gasteiger partial charge on any atom is 0.416 e. The minimum atomic E-state index is -4.56. The minimum absolute atomic E-state index is 0.0390. The Morgan fingerprint density at radius 2 is 1.86 bits per heavy atom. The first kappa shape index (κ1) is 18.4. The van der Waals surface area contributed by atoms with E-state index in [4.69, 9.17) is 16.3 Å². The van der Waals surface area contributed by atoms with Crippen LogP contribution < -0.4 is 4.74 Å². The van der Waals surface area contributed by atoms with Crippen molar-refractivity contribution in [3.63, 3.8) is 0 Å². The zero-order chi connectivity index (χ0) is 20.2. The van der Waals surface area contributed by atoms with E-state index in [1.165, 1.54) is 17.6 Å². The van der Waals surface area contributed by atoms with Gasteiger partial charge in [-0.2, -0.15) is 13.2 Å². The smallest absolute Gasteiger partial charge is 0.416 e. The minimum Gasteiger partial charge on any atom is -0.497 e. The van der Waals surface area contributed by atoms with Gasteiger partial charge in [0.2, 0.25) is 0 Å². The van der Waals surface area contributed by atoms with Gasteiger partial charge < -0.3 is 4.74 Å². The maximum absolute atomic E-state index is 14.4. The van der Waals surface area contributed by atoms with Gasteiger partial charge in [0, 0.05) is 17.7 Å². The molecule has 0 saturated heterocycles. The van der Waals surface area contributed by atoms with Crippen molar-refractivity contribution < 1.29 is 22.3 Å². The van der Waals surface area contributed by atoms with E-state index in [0.29, 0.717) is 5.69 Å². The van der Waals surface area contributed by atoms with E-state index >= 15 is 0 Å². The molecule has 2 heterocycles. The summed E-state index contributed by atoms with van der Waals surface area (Å²) in [7, 11) is 1.37. The summed E-state index contributed by atoms with van der Waals surface area (Å²) in [6, 6.07) is 5.58. The van der Waals surface area contributed by atoms with E-state index in [0.717, 1.165) is 24.3 Å². The number of fused-ring (bicyclic) bond motifs is 3. The van der Waals surface area contributed by atoms with Crippen LogP contribution in [-0.4, -0.2) is 26.7 Å². The predicted octanol–water partition coefficient (Wildman–Crippen LogP) is 5.07. The highest BCUT2D eigenvalue weighted by Crippen LogP contribution is 2.37. The number of alkyl halides is 3. The SMILES string of the molecule is COc1cc(F)c2nnc3c(C)nc(-c4cc(C(F)(F)F)ccc4Cl)n3c2c1. The molecule has 0 aliphatic carbocycles. The van der Waals surface area contributed by atoms with Gasteiger partial charge in [-0.15, -0.1) is 10.2 Å². The normalized spacial score (nSPS) is 12.1. The quantitative estimate of drug-likeness (QED) is 0.433. The van der Waals surface area contributed by atoms with E-state index in [1.54, 1.807) is 6.92 Å². The maximum atomic E-state index is 14.4. The van der Waals surface area contributed by atoms with E-state index in [9.17, 15) is 17.6 Å². The molecule has 0 aliphatic heterocycles. The summed E-state index contributed by atoms with van der Waals surface area (Å²) in [4.78, 5) is 4.32. The first-order valence-corrected chi connectivity index (χ1v) is 8.34. The lowest BCUT2D eigenvalue weighted by Gasteiger charge is -2.11. The van der Waals surface area contributed by atoms with Crippen molar-refractivity contribution in [1.29, 1.82) is 0 Å². The van der Waals surface area contributed by atoms with Gasteiger partial charge in [-0.1, -0.05) is 11.6 Å². The molecule has 0 bridgehead atoms. The highest BCUT2D eigenvalue weighted by Gasteiger charge is 2.32. The standard InChI is InChI=1S/C18H11ClF4N4O/c1-8-16-26-25-15-13(20)6-10(28-2)7-14(15)27(16)17(24-8)11-5-9(18(21,22)23)3-4-12(11)19/h3-7H,1-2H3. The summed E-state index contributed by atoms with van der Waals surface area (Å²) in [5.41, 5.74) is -0.000723. The predicted molar refractivity (Wildman–Crippen MR) is 95.0 cm³/mol. The molecule has 0 unspecified atom stereocenters. The zero-order valence-corrected chi connectivity index (χ0v) is 15.2. The number of imidazole rings is 1. The first-order chi connectivity index (χ1) is 13.2. The number of hydrogen-bond acceptors (Lipinski definition) is 4. The summed E-state index contributed by atoms with van der Waals surface area (Å²) in [6.07, 6.45) is -4.56. The van der Waals surface area contributed by atoms with Gasteiger partial charge in [-0.25, -0.2) is 9.37 Å². The van der Waals surface area contributed by atoms with Gasteiger partial charge in [-0.3, -0.25) is 4.40 Å². The average Bonchev–Trinajstić information content (AvgIpc) is 2.98. The number of aromatic nitrogens is 4. The van der Waals surface area contributed by atoms with Gasteiger partial charge in [0.1, 0.15) is 17.1 Å². The van der Waals surface area contributed by atoms with Gasteiger partial charge in [-0.05, 0) is 25.1 Å².